The summed E-state index contributed by atoms with van der Waals surface area (Å²) in [5.74, 6) is 0. The fraction of sp³-hybridized carbons (Fsp3) is 0.381. The average molecular weight is 551 g/mol. The molecule has 0 aliphatic carbocycles. The van der Waals surface area contributed by atoms with Gasteiger partial charge >= 0.3 is 24.6 Å². The largest absolute Gasteiger partial charge is 0.445 e. The second-order valence-electron chi connectivity index (χ2n) is 7.96. The van der Waals surface area contributed by atoms with E-state index in [0.717, 1.165) is 11.0 Å². The standard InChI is InChI=1S/C21H16ClF9N2O3/c22-15-8-14(2-1-10(15)9-36-17(32)35)33-4-3-18(16(33)34,21(29,30)31)11-5-12(19(23,24)25)7-13(6-11)20(26,27)28/h1-2,5-8,16,34H,3-4,9H2,(H2,32,35). The molecule has 198 valence electrons. The molecule has 2 atom stereocenters. The number of hydrogen-bond donors (Lipinski definition) is 2. The highest BCUT2D eigenvalue weighted by Crippen LogP contribution is 2.53. The van der Waals surface area contributed by atoms with Crippen LogP contribution in [0, 0.1) is 0 Å². The van der Waals surface area contributed by atoms with Crippen molar-refractivity contribution in [3.05, 3.63) is 63.7 Å². The van der Waals surface area contributed by atoms with Crippen molar-refractivity contribution < 1.29 is 54.2 Å². The Morgan fingerprint density at radius 1 is 1.03 bits per heavy atom. The zero-order valence-electron chi connectivity index (χ0n) is 17.7. The van der Waals surface area contributed by atoms with Crippen molar-refractivity contribution >= 4 is 23.4 Å². The van der Waals surface area contributed by atoms with E-state index in [2.05, 4.69) is 4.74 Å². The number of amides is 1. The van der Waals surface area contributed by atoms with E-state index < -0.39 is 65.9 Å². The summed E-state index contributed by atoms with van der Waals surface area (Å²) in [4.78, 5) is 11.5. The SMILES string of the molecule is NC(=O)OCc1ccc(N2CCC(c3cc(C(F)(F)F)cc(C(F)(F)F)c3)(C(F)(F)F)C2O)cc1Cl. The number of ether oxygens (including phenoxy) is 1. The van der Waals surface area contributed by atoms with Crippen molar-refractivity contribution in [1.29, 1.82) is 0 Å². The lowest BCUT2D eigenvalue weighted by molar-refractivity contribution is -0.211. The van der Waals surface area contributed by atoms with Gasteiger partial charge in [0.1, 0.15) is 18.2 Å². The summed E-state index contributed by atoms with van der Waals surface area (Å²) >= 11 is 6.05. The summed E-state index contributed by atoms with van der Waals surface area (Å²) in [6.07, 6.45) is -21.0. The third-order valence-corrected chi connectivity index (χ3v) is 6.18. The van der Waals surface area contributed by atoms with Crippen LogP contribution in [0.2, 0.25) is 5.02 Å². The Morgan fingerprint density at radius 3 is 2.03 bits per heavy atom. The van der Waals surface area contributed by atoms with Crippen molar-refractivity contribution in [2.75, 3.05) is 11.4 Å². The quantitative estimate of drug-likeness (QED) is 0.458. The van der Waals surface area contributed by atoms with Gasteiger partial charge in [0, 0.05) is 22.8 Å². The number of primary amides is 1. The van der Waals surface area contributed by atoms with Crippen molar-refractivity contribution in [2.45, 2.75) is 43.2 Å². The maximum atomic E-state index is 14.4. The number of anilines is 1. The molecule has 1 aliphatic heterocycles. The minimum atomic E-state index is -5.45. The van der Waals surface area contributed by atoms with Crippen LogP contribution >= 0.6 is 11.6 Å². The highest BCUT2D eigenvalue weighted by atomic mass is 35.5. The van der Waals surface area contributed by atoms with Crippen molar-refractivity contribution in [3.8, 4) is 0 Å². The molecule has 0 saturated carbocycles. The summed E-state index contributed by atoms with van der Waals surface area (Å²) in [6.45, 7) is -0.973. The van der Waals surface area contributed by atoms with Gasteiger partial charge in [-0.15, -0.1) is 0 Å². The third-order valence-electron chi connectivity index (χ3n) is 5.83. The Bertz CT molecular complexity index is 1120. The van der Waals surface area contributed by atoms with Gasteiger partial charge in [-0.3, -0.25) is 0 Å². The lowest BCUT2D eigenvalue weighted by atomic mass is 9.76. The molecule has 0 aromatic heterocycles. The molecule has 1 amide bonds. The summed E-state index contributed by atoms with van der Waals surface area (Å²) < 4.78 is 128. The number of nitrogens with zero attached hydrogens (tertiary/aromatic N) is 1. The van der Waals surface area contributed by atoms with E-state index in [4.69, 9.17) is 17.3 Å². The lowest BCUT2D eigenvalue weighted by Gasteiger charge is -2.38. The van der Waals surface area contributed by atoms with Gasteiger partial charge in [0.05, 0.1) is 11.1 Å². The van der Waals surface area contributed by atoms with Gasteiger partial charge in [0.2, 0.25) is 0 Å². The first-order chi connectivity index (χ1) is 16.4. The number of halogens is 10. The summed E-state index contributed by atoms with van der Waals surface area (Å²) in [6, 6.07) is 3.17. The number of alkyl halides is 9. The molecule has 1 fully saturated rings. The second kappa shape index (κ2) is 9.21. The third kappa shape index (κ3) is 5.14. The molecule has 5 nitrogen and oxygen atoms in total. The van der Waals surface area contributed by atoms with Crippen LogP contribution < -0.4 is 10.6 Å². The van der Waals surface area contributed by atoms with Gasteiger partial charge in [0.15, 0.2) is 0 Å². The van der Waals surface area contributed by atoms with E-state index in [1.54, 1.807) is 0 Å². The molecule has 2 aromatic rings. The van der Waals surface area contributed by atoms with Crippen LogP contribution in [-0.2, 0) is 29.1 Å². The Labute approximate surface area is 202 Å². The molecule has 1 aliphatic rings. The number of carbonyl (C=O) groups is 1. The molecule has 1 saturated heterocycles. The molecule has 2 unspecified atom stereocenters. The smallest absolute Gasteiger partial charge is 0.416 e. The Kier molecular flexibility index (Phi) is 7.09. The Hall–Kier alpha value is -2.87. The van der Waals surface area contributed by atoms with Crippen LogP contribution in [0.3, 0.4) is 0 Å². The molecule has 3 rings (SSSR count). The average Bonchev–Trinajstić information content (AvgIpc) is 3.09. The van der Waals surface area contributed by atoms with Crippen molar-refractivity contribution in [2.24, 2.45) is 5.73 Å². The molecule has 3 N–H and O–H groups in total. The minimum Gasteiger partial charge on any atom is -0.445 e. The Morgan fingerprint density at radius 2 is 1.58 bits per heavy atom. The summed E-state index contributed by atoms with van der Waals surface area (Å²) in [7, 11) is 0. The van der Waals surface area contributed by atoms with E-state index in [1.165, 1.54) is 12.1 Å². The van der Waals surface area contributed by atoms with Crippen LogP contribution in [0.5, 0.6) is 0 Å². The summed E-state index contributed by atoms with van der Waals surface area (Å²) in [5, 5.41) is 10.7. The number of carbonyl (C=O) groups excluding carboxylic acids is 1. The molecule has 15 heteroatoms. The number of aliphatic hydroxyl groups excluding tert-OH is 1. The molecular weight excluding hydrogens is 535 g/mol. The van der Waals surface area contributed by atoms with Gasteiger partial charge in [0.25, 0.3) is 0 Å². The molecule has 0 spiro atoms. The van der Waals surface area contributed by atoms with E-state index in [0.29, 0.717) is 0 Å². The van der Waals surface area contributed by atoms with Crippen LogP contribution in [0.1, 0.15) is 28.7 Å². The number of benzene rings is 2. The topological polar surface area (TPSA) is 75.8 Å². The van der Waals surface area contributed by atoms with E-state index in [-0.39, 0.29) is 41.1 Å². The number of aliphatic hydroxyl groups is 1. The van der Waals surface area contributed by atoms with Crippen molar-refractivity contribution in [3.63, 3.8) is 0 Å². The number of rotatable bonds is 4. The first-order valence-corrected chi connectivity index (χ1v) is 10.3. The van der Waals surface area contributed by atoms with E-state index in [9.17, 15) is 49.4 Å². The number of nitrogens with two attached hydrogens (primary N) is 1. The maximum Gasteiger partial charge on any atom is 0.416 e. The van der Waals surface area contributed by atoms with Gasteiger partial charge in [-0.2, -0.15) is 39.5 Å². The predicted octanol–water partition coefficient (Wildman–Crippen LogP) is 6.00. The van der Waals surface area contributed by atoms with Gasteiger partial charge in [-0.25, -0.2) is 4.79 Å². The minimum absolute atomic E-state index is 0.0350. The maximum absolute atomic E-state index is 14.4. The molecule has 2 aromatic carbocycles. The highest BCUT2D eigenvalue weighted by molar-refractivity contribution is 6.31. The van der Waals surface area contributed by atoms with E-state index >= 15 is 0 Å². The van der Waals surface area contributed by atoms with Gasteiger partial charge in [-0.1, -0.05) is 17.7 Å². The molecular formula is C21H16ClF9N2O3. The number of hydrogen-bond acceptors (Lipinski definition) is 4. The zero-order valence-corrected chi connectivity index (χ0v) is 18.5. The molecule has 0 radical (unpaired) electrons. The monoisotopic (exact) mass is 550 g/mol. The van der Waals surface area contributed by atoms with Gasteiger partial charge < -0.3 is 20.5 Å². The first-order valence-electron chi connectivity index (χ1n) is 9.90. The molecule has 36 heavy (non-hydrogen) atoms. The van der Waals surface area contributed by atoms with Crippen LogP contribution in [0.15, 0.2) is 36.4 Å². The van der Waals surface area contributed by atoms with E-state index in [1.807, 2.05) is 0 Å². The fourth-order valence-corrected chi connectivity index (χ4v) is 4.25. The summed E-state index contributed by atoms with van der Waals surface area (Å²) in [5.41, 5.74) is -3.82. The van der Waals surface area contributed by atoms with Crippen LogP contribution in [0.25, 0.3) is 0 Å². The fourth-order valence-electron chi connectivity index (χ4n) is 4.02. The van der Waals surface area contributed by atoms with Crippen LogP contribution in [0.4, 0.5) is 50.0 Å². The zero-order chi connectivity index (χ0) is 27.3. The second-order valence-corrected chi connectivity index (χ2v) is 8.37. The first kappa shape index (κ1) is 27.7. The lowest BCUT2D eigenvalue weighted by Crippen LogP contribution is -2.52. The Balaban J connectivity index is 2.11. The molecule has 1 heterocycles. The molecule has 0 bridgehead atoms. The predicted molar refractivity (Wildman–Crippen MR) is 108 cm³/mol. The highest BCUT2D eigenvalue weighted by Gasteiger charge is 2.65. The van der Waals surface area contributed by atoms with Gasteiger partial charge in [-0.05, 0) is 42.3 Å². The van der Waals surface area contributed by atoms with Crippen LogP contribution in [-0.4, -0.2) is 30.1 Å². The normalized spacial score (nSPS) is 21.1. The van der Waals surface area contributed by atoms with Crippen molar-refractivity contribution in [1.82, 2.24) is 0 Å².